The number of rotatable bonds is 19. The van der Waals surface area contributed by atoms with Gasteiger partial charge in [0.2, 0.25) is 0 Å². The van der Waals surface area contributed by atoms with Gasteiger partial charge in [0.25, 0.3) is 0 Å². The molecule has 1 N–H and O–H groups in total. The highest BCUT2D eigenvalue weighted by Gasteiger charge is 2.04. The van der Waals surface area contributed by atoms with Crippen molar-refractivity contribution < 1.29 is 23.8 Å². The molecular weight excluding hydrogens is 356 g/mol. The molecule has 0 radical (unpaired) electrons. The summed E-state index contributed by atoms with van der Waals surface area (Å²) < 4.78 is 10.3. The SMILES string of the molecule is O=C(O)CCCCCCCCCCCCCCCCC(=O)OCc1ccco1. The molecule has 0 saturated heterocycles. The molecule has 0 aromatic carbocycles. The van der Waals surface area contributed by atoms with Crippen molar-refractivity contribution in [3.63, 3.8) is 0 Å². The summed E-state index contributed by atoms with van der Waals surface area (Å²) in [5.41, 5.74) is 0. The zero-order valence-corrected chi connectivity index (χ0v) is 17.3. The molecular formula is C23H38O5. The fourth-order valence-corrected chi connectivity index (χ4v) is 3.29. The number of furan rings is 1. The lowest BCUT2D eigenvalue weighted by atomic mass is 10.0. The Morgan fingerprint density at radius 2 is 1.21 bits per heavy atom. The van der Waals surface area contributed by atoms with E-state index in [1.54, 1.807) is 18.4 Å². The van der Waals surface area contributed by atoms with E-state index >= 15 is 0 Å². The molecule has 1 rings (SSSR count). The van der Waals surface area contributed by atoms with Gasteiger partial charge in [-0.15, -0.1) is 0 Å². The number of esters is 1. The molecule has 0 fully saturated rings. The average molecular weight is 395 g/mol. The van der Waals surface area contributed by atoms with Crippen LogP contribution in [0.4, 0.5) is 0 Å². The average Bonchev–Trinajstić information content (AvgIpc) is 3.19. The summed E-state index contributed by atoms with van der Waals surface area (Å²) in [5, 5.41) is 8.57. The molecule has 28 heavy (non-hydrogen) atoms. The first-order valence-electron chi connectivity index (χ1n) is 11.1. The standard InChI is InChI=1S/C23H38O5/c24-22(25)17-13-11-9-7-5-3-1-2-4-6-8-10-12-14-18-23(26)28-20-21-16-15-19-27-21/h15-16,19H,1-14,17-18,20H2,(H,24,25). The first-order chi connectivity index (χ1) is 13.7. The summed E-state index contributed by atoms with van der Waals surface area (Å²) in [6.07, 6.45) is 18.9. The zero-order chi connectivity index (χ0) is 20.3. The molecule has 0 spiro atoms. The van der Waals surface area contributed by atoms with Crippen LogP contribution in [0, 0.1) is 0 Å². The maximum atomic E-state index is 11.6. The minimum atomic E-state index is -0.677. The maximum Gasteiger partial charge on any atom is 0.306 e. The number of hydrogen-bond donors (Lipinski definition) is 1. The number of carboxylic acid groups (broad SMARTS) is 1. The Bertz CT molecular complexity index is 495. The molecule has 1 aromatic heterocycles. The lowest BCUT2D eigenvalue weighted by Gasteiger charge is -2.04. The second-order valence-corrected chi connectivity index (χ2v) is 7.58. The number of aliphatic carboxylic acids is 1. The fourth-order valence-electron chi connectivity index (χ4n) is 3.29. The summed E-state index contributed by atoms with van der Waals surface area (Å²) in [4.78, 5) is 22.0. The van der Waals surface area contributed by atoms with Crippen LogP contribution in [0.3, 0.4) is 0 Å². The van der Waals surface area contributed by atoms with E-state index < -0.39 is 5.97 Å². The monoisotopic (exact) mass is 394 g/mol. The van der Waals surface area contributed by atoms with E-state index in [2.05, 4.69) is 0 Å². The predicted octanol–water partition coefficient (Wildman–Crippen LogP) is 6.65. The second-order valence-electron chi connectivity index (χ2n) is 7.58. The maximum absolute atomic E-state index is 11.6. The van der Waals surface area contributed by atoms with Crippen LogP contribution in [0.5, 0.6) is 0 Å². The largest absolute Gasteiger partial charge is 0.481 e. The molecule has 0 aliphatic carbocycles. The van der Waals surface area contributed by atoms with Crippen LogP contribution in [0.15, 0.2) is 22.8 Å². The van der Waals surface area contributed by atoms with Crippen molar-refractivity contribution in [2.24, 2.45) is 0 Å². The summed E-state index contributed by atoms with van der Waals surface area (Å²) in [6, 6.07) is 3.59. The highest BCUT2D eigenvalue weighted by atomic mass is 16.5. The van der Waals surface area contributed by atoms with Crippen LogP contribution in [0.1, 0.15) is 108 Å². The van der Waals surface area contributed by atoms with Gasteiger partial charge in [0.15, 0.2) is 0 Å². The van der Waals surface area contributed by atoms with E-state index in [0.29, 0.717) is 18.6 Å². The lowest BCUT2D eigenvalue weighted by molar-refractivity contribution is -0.145. The molecule has 5 heteroatoms. The van der Waals surface area contributed by atoms with Crippen molar-refractivity contribution in [2.45, 2.75) is 109 Å². The molecule has 0 saturated carbocycles. The minimum Gasteiger partial charge on any atom is -0.481 e. The minimum absolute atomic E-state index is 0.140. The van der Waals surface area contributed by atoms with Crippen molar-refractivity contribution in [3.8, 4) is 0 Å². The molecule has 0 aliphatic heterocycles. The number of carbonyl (C=O) groups excluding carboxylic acids is 1. The van der Waals surface area contributed by atoms with Gasteiger partial charge >= 0.3 is 11.9 Å². The molecule has 1 aromatic rings. The molecule has 0 atom stereocenters. The van der Waals surface area contributed by atoms with E-state index in [-0.39, 0.29) is 12.6 Å². The van der Waals surface area contributed by atoms with E-state index in [0.717, 1.165) is 25.7 Å². The van der Waals surface area contributed by atoms with Crippen molar-refractivity contribution in [3.05, 3.63) is 24.2 Å². The summed E-state index contributed by atoms with van der Waals surface area (Å²) in [7, 11) is 0. The van der Waals surface area contributed by atoms with Crippen molar-refractivity contribution >= 4 is 11.9 Å². The van der Waals surface area contributed by atoms with Crippen LogP contribution in [0.25, 0.3) is 0 Å². The first-order valence-corrected chi connectivity index (χ1v) is 11.1. The van der Waals surface area contributed by atoms with Gasteiger partial charge in [-0.1, -0.05) is 77.0 Å². The Labute approximate surface area is 169 Å². The Morgan fingerprint density at radius 3 is 1.64 bits per heavy atom. The van der Waals surface area contributed by atoms with Crippen LogP contribution >= 0.6 is 0 Å². The van der Waals surface area contributed by atoms with E-state index in [1.165, 1.54) is 64.2 Å². The molecule has 0 aliphatic rings. The van der Waals surface area contributed by atoms with Crippen molar-refractivity contribution in [1.29, 1.82) is 0 Å². The fraction of sp³-hybridized carbons (Fsp3) is 0.739. The quantitative estimate of drug-likeness (QED) is 0.210. The Kier molecular flexibility index (Phi) is 15.0. The van der Waals surface area contributed by atoms with Gasteiger partial charge in [0.1, 0.15) is 12.4 Å². The summed E-state index contributed by atoms with van der Waals surface area (Å²) in [5.74, 6) is -0.133. The zero-order valence-electron chi connectivity index (χ0n) is 17.3. The number of ether oxygens (including phenoxy) is 1. The van der Waals surface area contributed by atoms with E-state index in [9.17, 15) is 9.59 Å². The van der Waals surface area contributed by atoms with E-state index in [1.807, 2.05) is 0 Å². The van der Waals surface area contributed by atoms with Crippen LogP contribution in [-0.2, 0) is 20.9 Å². The Morgan fingerprint density at radius 1 is 0.750 bits per heavy atom. The molecule has 0 bridgehead atoms. The molecule has 160 valence electrons. The van der Waals surface area contributed by atoms with E-state index in [4.69, 9.17) is 14.3 Å². The van der Waals surface area contributed by atoms with Gasteiger partial charge in [-0.25, -0.2) is 0 Å². The topological polar surface area (TPSA) is 76.7 Å². The van der Waals surface area contributed by atoms with Gasteiger partial charge in [-0.05, 0) is 25.0 Å². The predicted molar refractivity (Wildman–Crippen MR) is 110 cm³/mol. The number of carbonyl (C=O) groups is 2. The molecule has 5 nitrogen and oxygen atoms in total. The third-order valence-corrected chi connectivity index (χ3v) is 4.98. The molecule has 1 heterocycles. The second kappa shape index (κ2) is 17.3. The highest BCUT2D eigenvalue weighted by Crippen LogP contribution is 2.14. The normalized spacial score (nSPS) is 10.9. The van der Waals surface area contributed by atoms with Crippen molar-refractivity contribution in [1.82, 2.24) is 0 Å². The third kappa shape index (κ3) is 15.3. The first kappa shape index (κ1) is 24.3. The third-order valence-electron chi connectivity index (χ3n) is 4.98. The van der Waals surface area contributed by atoms with Gasteiger partial charge in [-0.2, -0.15) is 0 Å². The smallest absolute Gasteiger partial charge is 0.306 e. The Hall–Kier alpha value is -1.78. The molecule has 0 amide bonds. The number of unbranched alkanes of at least 4 members (excludes halogenated alkanes) is 13. The highest BCUT2D eigenvalue weighted by molar-refractivity contribution is 5.69. The summed E-state index contributed by atoms with van der Waals surface area (Å²) >= 11 is 0. The van der Waals surface area contributed by atoms with Gasteiger partial charge in [0.05, 0.1) is 6.26 Å². The Balaban J connectivity index is 1.72. The lowest BCUT2D eigenvalue weighted by Crippen LogP contribution is -2.03. The van der Waals surface area contributed by atoms with Crippen LogP contribution < -0.4 is 0 Å². The summed E-state index contributed by atoms with van der Waals surface area (Å²) in [6.45, 7) is 0.233. The van der Waals surface area contributed by atoms with Gasteiger partial charge in [-0.3, -0.25) is 9.59 Å². The number of carboxylic acids is 1. The van der Waals surface area contributed by atoms with Crippen molar-refractivity contribution in [2.75, 3.05) is 0 Å². The van der Waals surface area contributed by atoms with Gasteiger partial charge < -0.3 is 14.3 Å². The van der Waals surface area contributed by atoms with Crippen LogP contribution in [-0.4, -0.2) is 17.0 Å². The van der Waals surface area contributed by atoms with Crippen LogP contribution in [0.2, 0.25) is 0 Å². The molecule has 0 unspecified atom stereocenters. The number of hydrogen-bond acceptors (Lipinski definition) is 4. The van der Waals surface area contributed by atoms with Gasteiger partial charge in [0, 0.05) is 12.8 Å².